The van der Waals surface area contributed by atoms with Gasteiger partial charge in [0.15, 0.2) is 0 Å². The third-order valence-electron chi connectivity index (χ3n) is 3.37. The van der Waals surface area contributed by atoms with Crippen LogP contribution in [0.3, 0.4) is 0 Å². The van der Waals surface area contributed by atoms with Gasteiger partial charge in [0.25, 0.3) is 0 Å². The lowest BCUT2D eigenvalue weighted by Gasteiger charge is -2.28. The molecule has 0 aromatic rings. The second-order valence-corrected chi connectivity index (χ2v) is 4.71. The van der Waals surface area contributed by atoms with E-state index in [1.54, 1.807) is 0 Å². The Morgan fingerprint density at radius 1 is 1.29 bits per heavy atom. The quantitative estimate of drug-likeness (QED) is 0.714. The van der Waals surface area contributed by atoms with Crippen molar-refractivity contribution in [3.8, 4) is 0 Å². The van der Waals surface area contributed by atoms with Crippen LogP contribution in [0.2, 0.25) is 0 Å². The fourth-order valence-electron chi connectivity index (χ4n) is 2.41. The summed E-state index contributed by atoms with van der Waals surface area (Å²) in [5.74, 6) is 0. The topological polar surface area (TPSA) is 41.5 Å². The lowest BCUT2D eigenvalue weighted by atomic mass is 10.0. The van der Waals surface area contributed by atoms with Crippen molar-refractivity contribution in [1.29, 1.82) is 0 Å². The molecule has 3 nitrogen and oxygen atoms in total. The number of piperidine rings is 1. The maximum absolute atomic E-state index is 10.1. The van der Waals surface area contributed by atoms with E-state index in [0.717, 1.165) is 45.2 Å². The van der Waals surface area contributed by atoms with Crippen LogP contribution in [0.25, 0.3) is 0 Å². The Bertz CT molecular complexity index is 172. The number of hydrogen-bond donors (Lipinski definition) is 2. The van der Waals surface area contributed by atoms with Gasteiger partial charge >= 0.3 is 0 Å². The van der Waals surface area contributed by atoms with Gasteiger partial charge < -0.3 is 15.2 Å². The van der Waals surface area contributed by atoms with E-state index < -0.39 is 5.60 Å². The second-order valence-electron chi connectivity index (χ2n) is 4.71. The first kappa shape index (κ1) is 10.4. The van der Waals surface area contributed by atoms with Gasteiger partial charge in [-0.2, -0.15) is 0 Å². The third-order valence-corrected chi connectivity index (χ3v) is 3.37. The maximum atomic E-state index is 10.1. The molecular formula is C11H21NO2. The highest BCUT2D eigenvalue weighted by Gasteiger charge is 2.32. The van der Waals surface area contributed by atoms with Crippen LogP contribution in [-0.2, 0) is 4.74 Å². The first-order valence-electron chi connectivity index (χ1n) is 5.83. The van der Waals surface area contributed by atoms with Crippen molar-refractivity contribution in [2.75, 3.05) is 19.7 Å². The Morgan fingerprint density at radius 3 is 2.71 bits per heavy atom. The molecule has 2 aliphatic rings. The molecule has 2 N–H and O–H groups in total. The van der Waals surface area contributed by atoms with Gasteiger partial charge in [-0.15, -0.1) is 0 Å². The molecule has 0 unspecified atom stereocenters. The van der Waals surface area contributed by atoms with E-state index in [2.05, 4.69) is 5.32 Å². The van der Waals surface area contributed by atoms with Gasteiger partial charge in [-0.25, -0.2) is 0 Å². The molecule has 1 atom stereocenters. The standard InChI is InChI=1S/C11H21NO2/c13-11(5-1-2-6-11)9-14-10-4-3-7-12-8-10/h10,12-13H,1-9H2/t10-/m0/s1. The second kappa shape index (κ2) is 4.60. The van der Waals surface area contributed by atoms with Gasteiger partial charge in [-0.1, -0.05) is 12.8 Å². The lowest BCUT2D eigenvalue weighted by molar-refractivity contribution is -0.0735. The van der Waals surface area contributed by atoms with Crippen molar-refractivity contribution in [1.82, 2.24) is 5.32 Å². The summed E-state index contributed by atoms with van der Waals surface area (Å²) in [7, 11) is 0. The van der Waals surface area contributed by atoms with Gasteiger partial charge in [0.05, 0.1) is 18.3 Å². The van der Waals surface area contributed by atoms with E-state index in [9.17, 15) is 5.11 Å². The largest absolute Gasteiger partial charge is 0.387 e. The molecule has 0 spiro atoms. The van der Waals surface area contributed by atoms with E-state index in [-0.39, 0.29) is 0 Å². The van der Waals surface area contributed by atoms with Crippen LogP contribution in [-0.4, -0.2) is 36.5 Å². The van der Waals surface area contributed by atoms with E-state index in [1.165, 1.54) is 6.42 Å². The van der Waals surface area contributed by atoms with E-state index in [0.29, 0.717) is 12.7 Å². The van der Waals surface area contributed by atoms with Crippen LogP contribution >= 0.6 is 0 Å². The van der Waals surface area contributed by atoms with Crippen molar-refractivity contribution >= 4 is 0 Å². The monoisotopic (exact) mass is 199 g/mol. The Kier molecular flexibility index (Phi) is 3.42. The molecule has 0 radical (unpaired) electrons. The zero-order chi connectivity index (χ0) is 9.86. The Hall–Kier alpha value is -0.120. The average Bonchev–Trinajstić information content (AvgIpc) is 2.65. The van der Waals surface area contributed by atoms with Crippen molar-refractivity contribution in [2.24, 2.45) is 0 Å². The van der Waals surface area contributed by atoms with Crippen LogP contribution in [0, 0.1) is 0 Å². The normalized spacial score (nSPS) is 31.9. The highest BCUT2D eigenvalue weighted by atomic mass is 16.5. The molecule has 1 heterocycles. The molecular weight excluding hydrogens is 178 g/mol. The van der Waals surface area contributed by atoms with Crippen LogP contribution in [0.5, 0.6) is 0 Å². The molecule has 1 saturated heterocycles. The molecule has 1 aliphatic carbocycles. The van der Waals surface area contributed by atoms with E-state index in [4.69, 9.17) is 4.74 Å². The summed E-state index contributed by atoms with van der Waals surface area (Å²) in [6.07, 6.45) is 6.83. The van der Waals surface area contributed by atoms with Crippen LogP contribution in [0.4, 0.5) is 0 Å². The highest BCUT2D eigenvalue weighted by molar-refractivity contribution is 4.84. The minimum Gasteiger partial charge on any atom is -0.387 e. The van der Waals surface area contributed by atoms with Gasteiger partial charge in [0.2, 0.25) is 0 Å². The summed E-state index contributed by atoms with van der Waals surface area (Å²) < 4.78 is 5.76. The number of hydrogen-bond acceptors (Lipinski definition) is 3. The molecule has 82 valence electrons. The van der Waals surface area contributed by atoms with Crippen LogP contribution in [0.15, 0.2) is 0 Å². The molecule has 1 aliphatic heterocycles. The molecule has 0 aromatic heterocycles. The zero-order valence-electron chi connectivity index (χ0n) is 8.80. The molecule has 2 rings (SSSR count). The van der Waals surface area contributed by atoms with Crippen molar-refractivity contribution in [3.63, 3.8) is 0 Å². The van der Waals surface area contributed by atoms with E-state index in [1.807, 2.05) is 0 Å². The number of ether oxygens (including phenoxy) is 1. The van der Waals surface area contributed by atoms with Crippen LogP contribution < -0.4 is 5.32 Å². The molecule has 0 amide bonds. The summed E-state index contributed by atoms with van der Waals surface area (Å²) >= 11 is 0. The summed E-state index contributed by atoms with van der Waals surface area (Å²) in [6.45, 7) is 2.61. The minimum absolute atomic E-state index is 0.327. The Labute approximate surface area is 85.8 Å². The minimum atomic E-state index is -0.503. The first-order valence-corrected chi connectivity index (χ1v) is 5.83. The molecule has 0 bridgehead atoms. The van der Waals surface area contributed by atoms with Gasteiger partial charge in [-0.3, -0.25) is 0 Å². The smallest absolute Gasteiger partial charge is 0.0880 e. The van der Waals surface area contributed by atoms with Crippen molar-refractivity contribution in [2.45, 2.75) is 50.2 Å². The van der Waals surface area contributed by atoms with Gasteiger partial charge in [0, 0.05) is 6.54 Å². The molecule has 14 heavy (non-hydrogen) atoms. The number of aliphatic hydroxyl groups is 1. The Morgan fingerprint density at radius 2 is 2.07 bits per heavy atom. The van der Waals surface area contributed by atoms with E-state index >= 15 is 0 Å². The van der Waals surface area contributed by atoms with Crippen molar-refractivity contribution < 1.29 is 9.84 Å². The summed E-state index contributed by atoms with van der Waals surface area (Å²) in [6, 6.07) is 0. The highest BCUT2D eigenvalue weighted by Crippen LogP contribution is 2.30. The summed E-state index contributed by atoms with van der Waals surface area (Å²) in [5, 5.41) is 13.4. The average molecular weight is 199 g/mol. The fourth-order valence-corrected chi connectivity index (χ4v) is 2.41. The molecule has 2 fully saturated rings. The zero-order valence-corrected chi connectivity index (χ0v) is 8.80. The third kappa shape index (κ3) is 2.69. The van der Waals surface area contributed by atoms with Gasteiger partial charge in [0.1, 0.15) is 0 Å². The van der Waals surface area contributed by atoms with Crippen molar-refractivity contribution in [3.05, 3.63) is 0 Å². The lowest BCUT2D eigenvalue weighted by Crippen LogP contribution is -2.39. The molecule has 3 heteroatoms. The number of rotatable bonds is 3. The predicted molar refractivity (Wildman–Crippen MR) is 55.3 cm³/mol. The molecule has 0 aromatic carbocycles. The molecule has 1 saturated carbocycles. The maximum Gasteiger partial charge on any atom is 0.0880 e. The SMILES string of the molecule is OC1(CO[C@H]2CCCNC2)CCCC1. The summed E-state index contributed by atoms with van der Waals surface area (Å²) in [4.78, 5) is 0. The predicted octanol–water partition coefficient (Wildman–Crippen LogP) is 1.06. The van der Waals surface area contributed by atoms with Crippen LogP contribution in [0.1, 0.15) is 38.5 Å². The number of nitrogens with one attached hydrogen (secondary N) is 1. The fraction of sp³-hybridized carbons (Fsp3) is 1.00. The van der Waals surface area contributed by atoms with Gasteiger partial charge in [-0.05, 0) is 32.2 Å². The first-order chi connectivity index (χ1) is 6.79. The Balaban J connectivity index is 1.70. The summed E-state index contributed by atoms with van der Waals surface area (Å²) in [5.41, 5.74) is -0.503.